The minimum absolute atomic E-state index is 0. The molecule has 2 aromatic carbocycles. The zero-order valence-corrected chi connectivity index (χ0v) is 20.0. The fraction of sp³-hybridized carbons (Fsp3) is 0.273. The van der Waals surface area contributed by atoms with E-state index in [1.165, 1.54) is 11.6 Å². The van der Waals surface area contributed by atoms with Crippen LogP contribution in [-0.2, 0) is 23.9 Å². The van der Waals surface area contributed by atoms with Crippen LogP contribution in [0.1, 0.15) is 16.8 Å². The molecule has 0 saturated heterocycles. The van der Waals surface area contributed by atoms with E-state index < -0.39 is 23.7 Å². The molecule has 1 aliphatic rings. The van der Waals surface area contributed by atoms with Crippen molar-refractivity contribution in [2.75, 3.05) is 18.4 Å². The van der Waals surface area contributed by atoms with Crippen molar-refractivity contribution in [3.63, 3.8) is 0 Å². The average molecular weight is 530 g/mol. The summed E-state index contributed by atoms with van der Waals surface area (Å²) in [7, 11) is 0. The van der Waals surface area contributed by atoms with Crippen LogP contribution in [0.3, 0.4) is 0 Å². The third kappa shape index (κ3) is 4.48. The number of nitrogens with zero attached hydrogens (tertiary/aromatic N) is 2. The molecule has 34 heavy (non-hydrogen) atoms. The molecule has 0 fully saturated rings. The number of aromatic nitrogens is 2. The van der Waals surface area contributed by atoms with E-state index in [0.29, 0.717) is 29.2 Å². The first-order chi connectivity index (χ1) is 15.7. The maximum atomic E-state index is 13.5. The summed E-state index contributed by atoms with van der Waals surface area (Å²) in [5.41, 5.74) is 9.46. The Bertz CT molecular complexity index is 1370. The molecule has 12 heteroatoms. The summed E-state index contributed by atoms with van der Waals surface area (Å²) in [6.07, 6.45) is -3.88. The van der Waals surface area contributed by atoms with Crippen molar-refractivity contribution in [3.8, 4) is 0 Å². The number of amides is 1. The topological polar surface area (TPSA) is 87.0 Å². The number of fused-ring (bicyclic) bond motifs is 4. The molecule has 0 radical (unpaired) electrons. The lowest BCUT2D eigenvalue weighted by Gasteiger charge is -2.33. The monoisotopic (exact) mass is 529 g/mol. The Kier molecular flexibility index (Phi) is 6.80. The minimum atomic E-state index is -4.58. The van der Waals surface area contributed by atoms with Gasteiger partial charge in [-0.25, -0.2) is 4.98 Å². The maximum absolute atomic E-state index is 13.5. The second-order valence-electron chi connectivity index (χ2n) is 7.95. The molecule has 0 saturated carbocycles. The van der Waals surface area contributed by atoms with E-state index in [2.05, 4.69) is 15.3 Å². The number of thiazole rings is 1. The molecule has 0 spiro atoms. The van der Waals surface area contributed by atoms with E-state index in [9.17, 15) is 18.0 Å². The van der Waals surface area contributed by atoms with E-state index >= 15 is 0 Å². The molecule has 5 rings (SSSR count). The van der Waals surface area contributed by atoms with E-state index in [4.69, 9.17) is 17.3 Å². The number of carbonyl (C=O) groups is 1. The molecule has 1 unspecified atom stereocenters. The van der Waals surface area contributed by atoms with Crippen molar-refractivity contribution >= 4 is 68.1 Å². The van der Waals surface area contributed by atoms with E-state index in [1.54, 1.807) is 0 Å². The first-order valence-electron chi connectivity index (χ1n) is 10.2. The van der Waals surface area contributed by atoms with Gasteiger partial charge in [0, 0.05) is 46.9 Å². The number of benzene rings is 2. The third-order valence-corrected chi connectivity index (χ3v) is 6.95. The van der Waals surface area contributed by atoms with Gasteiger partial charge in [0.05, 0.1) is 21.3 Å². The molecule has 4 N–H and O–H groups in total. The second kappa shape index (κ2) is 9.35. The third-order valence-electron chi connectivity index (χ3n) is 5.94. The van der Waals surface area contributed by atoms with Crippen molar-refractivity contribution in [3.05, 3.63) is 57.7 Å². The van der Waals surface area contributed by atoms with Gasteiger partial charge in [0.1, 0.15) is 6.04 Å². The van der Waals surface area contributed by atoms with Crippen LogP contribution in [0.5, 0.6) is 0 Å². The number of nitrogens with two attached hydrogens (primary N) is 1. The fourth-order valence-corrected chi connectivity index (χ4v) is 5.32. The summed E-state index contributed by atoms with van der Waals surface area (Å²) >= 11 is 7.22. The number of anilines is 1. The number of halogens is 5. The van der Waals surface area contributed by atoms with Gasteiger partial charge in [0.2, 0.25) is 5.91 Å². The van der Waals surface area contributed by atoms with Gasteiger partial charge in [0.15, 0.2) is 0 Å². The molecular formula is C22H20Cl2F3N5OS. The van der Waals surface area contributed by atoms with Gasteiger partial charge < -0.3 is 16.0 Å². The van der Waals surface area contributed by atoms with Crippen LogP contribution in [0.15, 0.2) is 35.8 Å². The first kappa shape index (κ1) is 24.7. The van der Waals surface area contributed by atoms with E-state index in [1.807, 2.05) is 23.1 Å². The van der Waals surface area contributed by atoms with Gasteiger partial charge in [-0.05, 0) is 42.3 Å². The number of carbonyl (C=O) groups excluding carboxylic acids is 1. The molecule has 1 aliphatic heterocycles. The standard InChI is InChI=1S/C22H19ClF3N5OS.ClH/c23-11-1-2-16-14(5-11)13-3-4-31(9-17(13)30-16)18(8-27)21(32)29-12-6-15(22(24,25)26)20-19(7-12)33-10-28-20;/h1-2,5-7,10,18,30H,3-4,8-9,27H2,(H,29,32);1H. The molecular weight excluding hydrogens is 510 g/mol. The normalized spacial score (nSPS) is 15.2. The quantitative estimate of drug-likeness (QED) is 0.339. The highest BCUT2D eigenvalue weighted by atomic mass is 35.5. The molecule has 1 amide bonds. The lowest BCUT2D eigenvalue weighted by Crippen LogP contribution is -2.50. The van der Waals surface area contributed by atoms with Crippen molar-refractivity contribution in [1.29, 1.82) is 0 Å². The lowest BCUT2D eigenvalue weighted by molar-refractivity contribution is -0.136. The number of aromatic amines is 1. The Morgan fingerprint density at radius 3 is 2.85 bits per heavy atom. The van der Waals surface area contributed by atoms with Gasteiger partial charge in [0.25, 0.3) is 0 Å². The van der Waals surface area contributed by atoms with Crippen molar-refractivity contribution in [2.45, 2.75) is 25.2 Å². The Labute approximate surface area is 207 Å². The summed E-state index contributed by atoms with van der Waals surface area (Å²) in [5, 5.41) is 4.35. The van der Waals surface area contributed by atoms with Gasteiger partial charge in [-0.1, -0.05) is 11.6 Å². The predicted molar refractivity (Wildman–Crippen MR) is 131 cm³/mol. The summed E-state index contributed by atoms with van der Waals surface area (Å²) < 4.78 is 40.8. The maximum Gasteiger partial charge on any atom is 0.418 e. The van der Waals surface area contributed by atoms with Gasteiger partial charge in [-0.15, -0.1) is 23.7 Å². The van der Waals surface area contributed by atoms with Crippen molar-refractivity contribution in [2.24, 2.45) is 5.73 Å². The van der Waals surface area contributed by atoms with Crippen LogP contribution in [-0.4, -0.2) is 39.9 Å². The Hall–Kier alpha value is -2.37. The molecule has 0 aliphatic carbocycles. The Morgan fingerprint density at radius 1 is 1.32 bits per heavy atom. The van der Waals surface area contributed by atoms with Crippen LogP contribution in [0.2, 0.25) is 5.02 Å². The molecule has 1 atom stereocenters. The molecule has 3 heterocycles. The van der Waals surface area contributed by atoms with Crippen LogP contribution in [0.25, 0.3) is 21.1 Å². The number of hydrogen-bond acceptors (Lipinski definition) is 5. The zero-order chi connectivity index (χ0) is 23.3. The van der Waals surface area contributed by atoms with E-state index in [0.717, 1.165) is 39.6 Å². The first-order valence-corrected chi connectivity index (χ1v) is 11.5. The molecule has 0 bridgehead atoms. The molecule has 2 aromatic heterocycles. The predicted octanol–water partition coefficient (Wildman–Crippen LogP) is 5.20. The van der Waals surface area contributed by atoms with Crippen LogP contribution in [0, 0.1) is 0 Å². The van der Waals surface area contributed by atoms with Gasteiger partial charge >= 0.3 is 6.18 Å². The Balaban J connectivity index is 0.00000274. The van der Waals surface area contributed by atoms with Crippen LogP contribution < -0.4 is 11.1 Å². The fourth-order valence-electron chi connectivity index (χ4n) is 4.40. The highest BCUT2D eigenvalue weighted by molar-refractivity contribution is 7.16. The van der Waals surface area contributed by atoms with Crippen LogP contribution in [0.4, 0.5) is 18.9 Å². The zero-order valence-electron chi connectivity index (χ0n) is 17.6. The summed E-state index contributed by atoms with van der Waals surface area (Å²) in [6, 6.07) is 7.38. The average Bonchev–Trinajstić information content (AvgIpc) is 3.36. The van der Waals surface area contributed by atoms with Crippen LogP contribution >= 0.6 is 35.3 Å². The highest BCUT2D eigenvalue weighted by Crippen LogP contribution is 2.38. The molecule has 180 valence electrons. The van der Waals surface area contributed by atoms with E-state index in [-0.39, 0.29) is 30.2 Å². The summed E-state index contributed by atoms with van der Waals surface area (Å²) in [5.74, 6) is -0.447. The minimum Gasteiger partial charge on any atom is -0.357 e. The van der Waals surface area contributed by atoms with Gasteiger partial charge in [-0.3, -0.25) is 9.69 Å². The SMILES string of the molecule is Cl.NCC(C(=O)Nc1cc(C(F)(F)F)c2ncsc2c1)N1CCc2c([nH]c3ccc(Cl)cc23)C1. The lowest BCUT2D eigenvalue weighted by atomic mass is 10.0. The van der Waals surface area contributed by atoms with Gasteiger partial charge in [-0.2, -0.15) is 13.2 Å². The van der Waals surface area contributed by atoms with Crippen molar-refractivity contribution < 1.29 is 18.0 Å². The highest BCUT2D eigenvalue weighted by Gasteiger charge is 2.35. The molecule has 6 nitrogen and oxygen atoms in total. The summed E-state index contributed by atoms with van der Waals surface area (Å²) in [6.45, 7) is 1.09. The largest absolute Gasteiger partial charge is 0.418 e. The van der Waals surface area contributed by atoms with Crippen molar-refractivity contribution in [1.82, 2.24) is 14.9 Å². The number of rotatable bonds is 4. The molecule has 4 aromatic rings. The number of H-pyrrole nitrogens is 1. The second-order valence-corrected chi connectivity index (χ2v) is 9.28. The number of hydrogen-bond donors (Lipinski definition) is 3. The smallest absolute Gasteiger partial charge is 0.357 e. The summed E-state index contributed by atoms with van der Waals surface area (Å²) in [4.78, 5) is 22.2. The Morgan fingerprint density at radius 2 is 2.12 bits per heavy atom. The number of alkyl halides is 3. The number of nitrogens with one attached hydrogen (secondary N) is 2.